The lowest BCUT2D eigenvalue weighted by Crippen LogP contribution is -2.51. The SMILES string of the molecule is C[C@]1(c2cn3c(-c4ccc(-c5ccccc5)nc4)cnc3c(N)n2)C[C@H]2CC[C@@H](C1)N2C(=O)c1nnc[nH]1. The Morgan fingerprint density at radius 2 is 1.82 bits per heavy atom. The molecule has 0 spiro atoms. The molecule has 0 unspecified atom stereocenters. The molecule has 2 fully saturated rings. The van der Waals surface area contributed by atoms with Gasteiger partial charge in [0.15, 0.2) is 11.5 Å². The molecule has 5 aromatic rings. The maximum atomic E-state index is 13.1. The van der Waals surface area contributed by atoms with Gasteiger partial charge in [0, 0.05) is 41.0 Å². The van der Waals surface area contributed by atoms with Gasteiger partial charge in [0.25, 0.3) is 5.91 Å². The lowest BCUT2D eigenvalue weighted by atomic mass is 9.74. The van der Waals surface area contributed by atoms with Crippen LogP contribution in [-0.2, 0) is 5.41 Å². The van der Waals surface area contributed by atoms with Crippen LogP contribution in [0.1, 0.15) is 48.9 Å². The monoisotopic (exact) mass is 505 g/mol. The average molecular weight is 506 g/mol. The van der Waals surface area contributed by atoms with Crippen molar-refractivity contribution in [1.82, 2.24) is 39.4 Å². The van der Waals surface area contributed by atoms with Crippen LogP contribution < -0.4 is 5.73 Å². The molecule has 1 amide bonds. The zero-order valence-corrected chi connectivity index (χ0v) is 21.0. The second kappa shape index (κ2) is 8.47. The second-order valence-electron chi connectivity index (χ2n) is 10.6. The van der Waals surface area contributed by atoms with Crippen molar-refractivity contribution in [3.05, 3.63) is 78.9 Å². The first-order valence-corrected chi connectivity index (χ1v) is 12.8. The number of H-pyrrole nitrogens is 1. The topological polar surface area (TPSA) is 131 Å². The average Bonchev–Trinajstić information content (AvgIpc) is 3.68. The minimum atomic E-state index is -0.233. The summed E-state index contributed by atoms with van der Waals surface area (Å²) >= 11 is 0. The zero-order valence-electron chi connectivity index (χ0n) is 21.0. The first kappa shape index (κ1) is 22.6. The molecule has 0 radical (unpaired) electrons. The van der Waals surface area contributed by atoms with Crippen LogP contribution in [0.5, 0.6) is 0 Å². The molecule has 190 valence electrons. The van der Waals surface area contributed by atoms with Crippen molar-refractivity contribution in [1.29, 1.82) is 0 Å². The molecule has 2 saturated heterocycles. The molecule has 10 nitrogen and oxygen atoms in total. The number of aromatic amines is 1. The highest BCUT2D eigenvalue weighted by Crippen LogP contribution is 2.47. The predicted octanol–water partition coefficient (Wildman–Crippen LogP) is 3.88. The predicted molar refractivity (Wildman–Crippen MR) is 142 cm³/mol. The molecule has 2 aliphatic rings. The number of aromatic nitrogens is 7. The molecular weight excluding hydrogens is 478 g/mol. The molecule has 3 atom stereocenters. The highest BCUT2D eigenvalue weighted by atomic mass is 16.2. The Balaban J connectivity index is 1.22. The van der Waals surface area contributed by atoms with Gasteiger partial charge in [-0.2, -0.15) is 0 Å². The number of nitrogen functional groups attached to an aromatic ring is 1. The van der Waals surface area contributed by atoms with E-state index >= 15 is 0 Å². The molecule has 1 aromatic carbocycles. The van der Waals surface area contributed by atoms with Crippen molar-refractivity contribution >= 4 is 17.4 Å². The number of piperidine rings is 1. The van der Waals surface area contributed by atoms with E-state index in [9.17, 15) is 4.79 Å². The number of nitrogens with two attached hydrogens (primary N) is 1. The maximum absolute atomic E-state index is 13.1. The molecule has 2 bridgehead atoms. The molecule has 0 aliphatic carbocycles. The number of hydrogen-bond donors (Lipinski definition) is 2. The van der Waals surface area contributed by atoms with Crippen LogP contribution in [0.2, 0.25) is 0 Å². The smallest absolute Gasteiger partial charge is 0.292 e. The summed E-state index contributed by atoms with van der Waals surface area (Å²) < 4.78 is 2.02. The largest absolute Gasteiger partial charge is 0.381 e. The molecule has 2 aliphatic heterocycles. The fourth-order valence-electron chi connectivity index (χ4n) is 6.30. The number of carbonyl (C=O) groups is 1. The van der Waals surface area contributed by atoms with E-state index in [0.717, 1.165) is 53.9 Å². The highest BCUT2D eigenvalue weighted by molar-refractivity contribution is 5.91. The summed E-state index contributed by atoms with van der Waals surface area (Å²) in [5, 5.41) is 7.72. The van der Waals surface area contributed by atoms with Crippen LogP contribution in [0.3, 0.4) is 0 Å². The van der Waals surface area contributed by atoms with Crippen molar-refractivity contribution in [2.45, 2.75) is 50.1 Å². The minimum Gasteiger partial charge on any atom is -0.381 e. The van der Waals surface area contributed by atoms with Gasteiger partial charge in [-0.05, 0) is 37.8 Å². The lowest BCUT2D eigenvalue weighted by molar-refractivity contribution is 0.0477. The van der Waals surface area contributed by atoms with Gasteiger partial charge in [0.05, 0.1) is 23.3 Å². The van der Waals surface area contributed by atoms with Gasteiger partial charge in [0.2, 0.25) is 5.82 Å². The van der Waals surface area contributed by atoms with E-state index in [-0.39, 0.29) is 23.4 Å². The first-order chi connectivity index (χ1) is 18.5. The highest BCUT2D eigenvalue weighted by Gasteiger charge is 2.50. The Bertz CT molecular complexity index is 1610. The second-order valence-corrected chi connectivity index (χ2v) is 10.6. The Labute approximate surface area is 219 Å². The molecule has 3 N–H and O–H groups in total. The van der Waals surface area contributed by atoms with Gasteiger partial charge in [-0.15, -0.1) is 10.2 Å². The van der Waals surface area contributed by atoms with Gasteiger partial charge in [-0.25, -0.2) is 9.97 Å². The fraction of sp³-hybridized carbons (Fsp3) is 0.286. The Hall–Kier alpha value is -4.60. The van der Waals surface area contributed by atoms with Crippen molar-refractivity contribution in [3.8, 4) is 22.5 Å². The third kappa shape index (κ3) is 3.55. The van der Waals surface area contributed by atoms with Gasteiger partial charge in [-0.3, -0.25) is 14.2 Å². The van der Waals surface area contributed by atoms with Crippen molar-refractivity contribution in [3.63, 3.8) is 0 Å². The number of anilines is 1. The molecule has 10 heteroatoms. The van der Waals surface area contributed by atoms with E-state index in [0.29, 0.717) is 17.3 Å². The Morgan fingerprint density at radius 3 is 2.50 bits per heavy atom. The number of rotatable bonds is 4. The molecule has 38 heavy (non-hydrogen) atoms. The molecule has 7 rings (SSSR count). The number of nitrogens with one attached hydrogen (secondary N) is 1. The lowest BCUT2D eigenvalue weighted by Gasteiger charge is -2.44. The number of pyridine rings is 1. The fourth-order valence-corrected chi connectivity index (χ4v) is 6.30. The molecule has 0 saturated carbocycles. The summed E-state index contributed by atoms with van der Waals surface area (Å²) in [7, 11) is 0. The number of amides is 1. The summed E-state index contributed by atoms with van der Waals surface area (Å²) in [6, 6.07) is 14.4. The van der Waals surface area contributed by atoms with E-state index in [1.54, 1.807) is 0 Å². The molecule has 6 heterocycles. The Morgan fingerprint density at radius 1 is 1.03 bits per heavy atom. The van der Waals surface area contributed by atoms with Crippen molar-refractivity contribution < 1.29 is 4.79 Å². The van der Waals surface area contributed by atoms with E-state index in [1.807, 2.05) is 58.1 Å². The normalized spacial score (nSPS) is 22.7. The van der Waals surface area contributed by atoms with Gasteiger partial charge >= 0.3 is 0 Å². The van der Waals surface area contributed by atoms with Crippen molar-refractivity contribution in [2.75, 3.05) is 5.73 Å². The standard InChI is InChI=1S/C28H27N9O/c1-28(11-19-8-9-20(12-28)37(19)27(38)25-32-16-33-35-25)23-15-36-22(14-31-26(36)24(29)34-23)18-7-10-21(30-13-18)17-5-3-2-4-6-17/h2-7,10,13-16,19-20H,8-9,11-12H2,1H3,(H2,29,34)(H,32,33,35)/t19-,20+,28+. The molecular formula is C28H27N9O. The number of benzene rings is 1. The van der Waals surface area contributed by atoms with E-state index in [2.05, 4.69) is 39.4 Å². The number of carbonyl (C=O) groups excluding carboxylic acids is 1. The number of nitrogens with zero attached hydrogens (tertiary/aromatic N) is 7. The summed E-state index contributed by atoms with van der Waals surface area (Å²) in [5.41, 5.74) is 11.6. The van der Waals surface area contributed by atoms with Crippen molar-refractivity contribution in [2.24, 2.45) is 0 Å². The van der Waals surface area contributed by atoms with Crippen LogP contribution in [0.15, 0.2) is 67.4 Å². The van der Waals surface area contributed by atoms with Crippen LogP contribution >= 0.6 is 0 Å². The van der Waals surface area contributed by atoms with Gasteiger partial charge in [0.1, 0.15) is 6.33 Å². The van der Waals surface area contributed by atoms with Crippen LogP contribution in [-0.4, -0.2) is 57.4 Å². The summed E-state index contributed by atoms with van der Waals surface area (Å²) in [4.78, 5) is 32.1. The van der Waals surface area contributed by atoms with Gasteiger partial charge < -0.3 is 15.6 Å². The number of fused-ring (bicyclic) bond motifs is 3. The Kier molecular flexibility index (Phi) is 5.04. The maximum Gasteiger partial charge on any atom is 0.292 e. The van der Waals surface area contributed by atoms with E-state index in [4.69, 9.17) is 15.7 Å². The molecule has 4 aromatic heterocycles. The van der Waals surface area contributed by atoms with Crippen LogP contribution in [0, 0.1) is 0 Å². The third-order valence-electron chi connectivity index (χ3n) is 8.11. The quantitative estimate of drug-likeness (QED) is 0.379. The minimum absolute atomic E-state index is 0.0803. The van der Waals surface area contributed by atoms with E-state index < -0.39 is 0 Å². The summed E-state index contributed by atoms with van der Waals surface area (Å²) in [5.74, 6) is 0.615. The third-order valence-corrected chi connectivity index (χ3v) is 8.11. The van der Waals surface area contributed by atoms with Gasteiger partial charge in [-0.1, -0.05) is 37.3 Å². The number of imidazole rings is 1. The number of hydrogen-bond acceptors (Lipinski definition) is 7. The van der Waals surface area contributed by atoms with Crippen LogP contribution in [0.25, 0.3) is 28.2 Å². The first-order valence-electron chi connectivity index (χ1n) is 12.8. The summed E-state index contributed by atoms with van der Waals surface area (Å²) in [6.07, 6.45) is 10.7. The zero-order chi connectivity index (χ0) is 25.9. The van der Waals surface area contributed by atoms with E-state index in [1.165, 1.54) is 6.33 Å². The summed E-state index contributed by atoms with van der Waals surface area (Å²) in [6.45, 7) is 2.23. The van der Waals surface area contributed by atoms with Crippen LogP contribution in [0.4, 0.5) is 5.82 Å².